The first-order valence-corrected chi connectivity index (χ1v) is 14.2. The van der Waals surface area contributed by atoms with Crippen LogP contribution in [0.3, 0.4) is 0 Å². The Balaban J connectivity index is 1.39. The van der Waals surface area contributed by atoms with Crippen LogP contribution in [0.25, 0.3) is 0 Å². The van der Waals surface area contributed by atoms with Gasteiger partial charge in [-0.3, -0.25) is 9.59 Å². The van der Waals surface area contributed by atoms with Crippen molar-refractivity contribution in [3.8, 4) is 23.0 Å². The van der Waals surface area contributed by atoms with Crippen molar-refractivity contribution in [3.63, 3.8) is 0 Å². The summed E-state index contributed by atoms with van der Waals surface area (Å²) in [6.07, 6.45) is 4.07. The summed E-state index contributed by atoms with van der Waals surface area (Å²) in [7, 11) is 6.44. The highest BCUT2D eigenvalue weighted by atomic mass is 16.5. The molecule has 3 fully saturated rings. The molecular formula is C31H41N3O6. The van der Waals surface area contributed by atoms with Gasteiger partial charge in [-0.1, -0.05) is 25.0 Å². The number of benzene rings is 2. The van der Waals surface area contributed by atoms with E-state index in [1.54, 1.807) is 28.4 Å². The van der Waals surface area contributed by atoms with Crippen LogP contribution < -0.4 is 23.8 Å². The molecule has 2 amide bonds. The van der Waals surface area contributed by atoms with Gasteiger partial charge in [0, 0.05) is 51.1 Å². The topological polar surface area (TPSA) is 80.8 Å². The number of hydrogen-bond donors (Lipinski definition) is 0. The average Bonchev–Trinajstić information content (AvgIpc) is 3.71. The molecule has 2 aromatic carbocycles. The first kappa shape index (κ1) is 27.9. The lowest BCUT2D eigenvalue weighted by atomic mass is 9.87. The maximum Gasteiger partial charge on any atom is 0.228 e. The summed E-state index contributed by atoms with van der Waals surface area (Å²) in [5.41, 5.74) is 1.96. The Bertz CT molecular complexity index is 1180. The molecule has 2 unspecified atom stereocenters. The molecule has 5 rings (SSSR count). The van der Waals surface area contributed by atoms with Crippen LogP contribution in [0.2, 0.25) is 0 Å². The number of rotatable bonds is 8. The largest absolute Gasteiger partial charge is 0.495 e. The van der Waals surface area contributed by atoms with Gasteiger partial charge in [-0.05, 0) is 42.7 Å². The van der Waals surface area contributed by atoms with Crippen molar-refractivity contribution in [1.29, 1.82) is 0 Å². The highest BCUT2D eigenvalue weighted by Gasteiger charge is 2.44. The fourth-order valence-electron chi connectivity index (χ4n) is 6.61. The van der Waals surface area contributed by atoms with Gasteiger partial charge >= 0.3 is 0 Å². The molecule has 40 heavy (non-hydrogen) atoms. The lowest BCUT2D eigenvalue weighted by Gasteiger charge is -2.38. The molecule has 216 valence electrons. The number of amides is 2. The van der Waals surface area contributed by atoms with Crippen molar-refractivity contribution in [1.82, 2.24) is 9.80 Å². The summed E-state index contributed by atoms with van der Waals surface area (Å²) in [6.45, 7) is 3.61. The van der Waals surface area contributed by atoms with Crippen molar-refractivity contribution in [3.05, 3.63) is 42.0 Å². The highest BCUT2D eigenvalue weighted by molar-refractivity contribution is 5.85. The number of hydrogen-bond acceptors (Lipinski definition) is 7. The van der Waals surface area contributed by atoms with E-state index in [0.29, 0.717) is 43.4 Å². The number of nitrogens with zero attached hydrogens (tertiary/aromatic N) is 3. The Morgan fingerprint density at radius 1 is 0.725 bits per heavy atom. The number of anilines is 1. The third-order valence-corrected chi connectivity index (χ3v) is 8.79. The minimum absolute atomic E-state index is 0.0684. The summed E-state index contributed by atoms with van der Waals surface area (Å²) in [4.78, 5) is 33.8. The van der Waals surface area contributed by atoms with Crippen molar-refractivity contribution >= 4 is 17.5 Å². The molecule has 3 aliphatic rings. The van der Waals surface area contributed by atoms with E-state index in [-0.39, 0.29) is 29.6 Å². The molecule has 2 atom stereocenters. The molecule has 2 heterocycles. The molecule has 9 nitrogen and oxygen atoms in total. The monoisotopic (exact) mass is 551 g/mol. The molecule has 0 spiro atoms. The normalized spacial score (nSPS) is 21.4. The molecule has 0 radical (unpaired) electrons. The van der Waals surface area contributed by atoms with Gasteiger partial charge in [-0.25, -0.2) is 0 Å². The SMILES string of the molecule is COc1ccccc1N1CCN(C(=O)C2CN(C(=O)C3CCCC3)CC2c2cc(OC)c(OC)c(OC)c2)CC1. The van der Waals surface area contributed by atoms with Crippen LogP contribution in [0.4, 0.5) is 5.69 Å². The number of carbonyl (C=O) groups is 2. The molecule has 0 aromatic heterocycles. The van der Waals surface area contributed by atoms with Crippen LogP contribution >= 0.6 is 0 Å². The van der Waals surface area contributed by atoms with Crippen molar-refractivity contribution in [2.24, 2.45) is 11.8 Å². The summed E-state index contributed by atoms with van der Waals surface area (Å²) in [6, 6.07) is 11.8. The first-order valence-electron chi connectivity index (χ1n) is 14.2. The highest BCUT2D eigenvalue weighted by Crippen LogP contribution is 2.44. The molecule has 2 aliphatic heterocycles. The lowest BCUT2D eigenvalue weighted by molar-refractivity contribution is -0.137. The van der Waals surface area contributed by atoms with Gasteiger partial charge in [-0.15, -0.1) is 0 Å². The number of carbonyl (C=O) groups excluding carboxylic acids is 2. The zero-order valence-electron chi connectivity index (χ0n) is 24.1. The minimum Gasteiger partial charge on any atom is -0.495 e. The second kappa shape index (κ2) is 12.3. The van der Waals surface area contributed by atoms with Crippen molar-refractivity contribution in [2.75, 3.05) is 72.6 Å². The predicted molar refractivity (Wildman–Crippen MR) is 153 cm³/mol. The number of piperazine rings is 1. The Kier molecular flexibility index (Phi) is 8.57. The standard InChI is InChI=1S/C31H41N3O6/c1-37-26-12-8-7-11-25(26)32-13-15-33(16-14-32)31(36)24-20-34(30(35)21-9-5-6-10-21)19-23(24)22-17-27(38-2)29(40-4)28(18-22)39-3/h7-8,11-12,17-18,21,23-24H,5-6,9-10,13-16,19-20H2,1-4H3. The van der Waals surface area contributed by atoms with Gasteiger partial charge in [0.1, 0.15) is 5.75 Å². The third kappa shape index (κ3) is 5.38. The van der Waals surface area contributed by atoms with Crippen LogP contribution in [0.15, 0.2) is 36.4 Å². The van der Waals surface area contributed by atoms with Crippen LogP contribution in [0.1, 0.15) is 37.2 Å². The Labute approximate surface area is 236 Å². The van der Waals surface area contributed by atoms with E-state index in [1.165, 1.54) is 0 Å². The van der Waals surface area contributed by atoms with Crippen molar-refractivity contribution in [2.45, 2.75) is 31.6 Å². The predicted octanol–water partition coefficient (Wildman–Crippen LogP) is 3.80. The zero-order chi connectivity index (χ0) is 28.2. The van der Waals surface area contributed by atoms with Gasteiger partial charge in [-0.2, -0.15) is 0 Å². The van der Waals surface area contributed by atoms with Gasteiger partial charge in [0.05, 0.1) is 40.0 Å². The molecule has 0 bridgehead atoms. The second-order valence-electron chi connectivity index (χ2n) is 10.9. The number of ether oxygens (including phenoxy) is 4. The van der Waals surface area contributed by atoms with E-state index < -0.39 is 0 Å². The van der Waals surface area contributed by atoms with E-state index in [0.717, 1.165) is 55.8 Å². The van der Waals surface area contributed by atoms with E-state index in [2.05, 4.69) is 11.0 Å². The minimum atomic E-state index is -0.342. The summed E-state index contributed by atoms with van der Waals surface area (Å²) in [5.74, 6) is 2.29. The third-order valence-electron chi connectivity index (χ3n) is 8.79. The van der Waals surface area contributed by atoms with Crippen molar-refractivity contribution < 1.29 is 28.5 Å². The van der Waals surface area contributed by atoms with Crippen LogP contribution in [0, 0.1) is 11.8 Å². The lowest BCUT2D eigenvalue weighted by Crippen LogP contribution is -2.51. The van der Waals surface area contributed by atoms with Crippen LogP contribution in [0.5, 0.6) is 23.0 Å². The summed E-state index contributed by atoms with van der Waals surface area (Å²) in [5, 5.41) is 0. The molecule has 9 heteroatoms. The number of methoxy groups -OCH3 is 4. The number of para-hydroxylation sites is 2. The van der Waals surface area contributed by atoms with Gasteiger partial charge in [0.2, 0.25) is 17.6 Å². The van der Waals surface area contributed by atoms with E-state index in [1.807, 2.05) is 40.1 Å². The Morgan fingerprint density at radius 2 is 1.35 bits per heavy atom. The smallest absolute Gasteiger partial charge is 0.228 e. The summed E-state index contributed by atoms with van der Waals surface area (Å²) >= 11 is 0. The maximum absolute atomic E-state index is 14.1. The molecule has 0 N–H and O–H groups in total. The molecule has 2 aromatic rings. The van der Waals surface area contributed by atoms with Gasteiger partial charge in [0.25, 0.3) is 0 Å². The fraction of sp³-hybridized carbons (Fsp3) is 0.548. The maximum atomic E-state index is 14.1. The van der Waals surface area contributed by atoms with E-state index in [9.17, 15) is 9.59 Å². The van der Waals surface area contributed by atoms with E-state index in [4.69, 9.17) is 18.9 Å². The molecule has 1 aliphatic carbocycles. The fourth-order valence-corrected chi connectivity index (χ4v) is 6.61. The molecular weight excluding hydrogens is 510 g/mol. The van der Waals surface area contributed by atoms with Gasteiger partial charge < -0.3 is 33.6 Å². The van der Waals surface area contributed by atoms with Crippen LogP contribution in [-0.4, -0.2) is 89.3 Å². The first-order chi connectivity index (χ1) is 19.5. The molecule has 2 saturated heterocycles. The molecule has 1 saturated carbocycles. The quantitative estimate of drug-likeness (QED) is 0.494. The second-order valence-corrected chi connectivity index (χ2v) is 10.9. The number of likely N-dealkylation sites (tertiary alicyclic amines) is 1. The van der Waals surface area contributed by atoms with E-state index >= 15 is 0 Å². The van der Waals surface area contributed by atoms with Gasteiger partial charge in [0.15, 0.2) is 11.5 Å². The zero-order valence-corrected chi connectivity index (χ0v) is 24.1. The average molecular weight is 552 g/mol. The van der Waals surface area contributed by atoms with Crippen LogP contribution in [-0.2, 0) is 9.59 Å². The Hall–Kier alpha value is -3.62. The summed E-state index contributed by atoms with van der Waals surface area (Å²) < 4.78 is 22.3. The Morgan fingerprint density at radius 3 is 1.95 bits per heavy atom.